The number of ether oxygens (including phenoxy) is 3. The minimum atomic E-state index is -1.34. The van der Waals surface area contributed by atoms with Gasteiger partial charge in [0.2, 0.25) is 0 Å². The number of esters is 2. The molecule has 0 aliphatic heterocycles. The first-order chi connectivity index (χ1) is 19.4. The molecule has 0 radical (unpaired) electrons. The van der Waals surface area contributed by atoms with Crippen molar-refractivity contribution in [3.05, 3.63) is 88.5 Å². The van der Waals surface area contributed by atoms with Crippen LogP contribution in [-0.2, 0) is 12.8 Å². The van der Waals surface area contributed by atoms with Gasteiger partial charge in [0.1, 0.15) is 17.1 Å². The Balaban J connectivity index is 1.54. The highest BCUT2D eigenvalue weighted by molar-refractivity contribution is 6.00. The maximum atomic E-state index is 13.1. The summed E-state index contributed by atoms with van der Waals surface area (Å²) in [6, 6.07) is 16.6. The van der Waals surface area contributed by atoms with Crippen molar-refractivity contribution in [2.24, 2.45) is 0 Å². The monoisotopic (exact) mass is 544 g/mol. The molecule has 0 saturated heterocycles. The summed E-state index contributed by atoms with van der Waals surface area (Å²) in [4.78, 5) is 38.4. The van der Waals surface area contributed by atoms with Crippen molar-refractivity contribution < 1.29 is 33.7 Å². The fourth-order valence-corrected chi connectivity index (χ4v) is 4.94. The van der Waals surface area contributed by atoms with Crippen molar-refractivity contribution in [1.29, 1.82) is 0 Å². The fourth-order valence-electron chi connectivity index (χ4n) is 4.94. The molecule has 4 rings (SSSR count). The molecule has 0 fully saturated rings. The largest absolute Gasteiger partial charge is 0.491 e. The third-order valence-corrected chi connectivity index (χ3v) is 7.08. The molecule has 1 aliphatic carbocycles. The lowest BCUT2D eigenvalue weighted by atomic mass is 9.88. The molecule has 3 aromatic rings. The lowest BCUT2D eigenvalue weighted by Gasteiger charge is -2.22. The maximum Gasteiger partial charge on any atom is 0.343 e. The number of rotatable bonds is 12. The molecule has 210 valence electrons. The third kappa shape index (κ3) is 7.29. The fraction of sp³-hybridized carbons (Fsp3) is 0.364. The van der Waals surface area contributed by atoms with Crippen LogP contribution in [0.15, 0.2) is 60.7 Å². The zero-order valence-electron chi connectivity index (χ0n) is 23.1. The number of aryl methyl sites for hydroxylation is 1. The quantitative estimate of drug-likeness (QED) is 0.144. The first-order valence-corrected chi connectivity index (χ1v) is 14.1. The SMILES string of the molecule is CCCCCC[C@@H](C)Oc1ccc(C(=O)Oc2cc3c(c(OC(=O)c4ccccc4)c2C(=O)O)CCCC3)cc1. The molecule has 0 spiro atoms. The molecule has 0 saturated carbocycles. The topological polar surface area (TPSA) is 99.1 Å². The molecule has 3 aromatic carbocycles. The molecule has 1 atom stereocenters. The predicted octanol–water partition coefficient (Wildman–Crippen LogP) is 7.44. The van der Waals surface area contributed by atoms with Crippen molar-refractivity contribution in [3.63, 3.8) is 0 Å². The molecular formula is C33H36O7. The van der Waals surface area contributed by atoms with E-state index < -0.39 is 17.9 Å². The van der Waals surface area contributed by atoms with Crippen LogP contribution in [0.5, 0.6) is 17.2 Å². The van der Waals surface area contributed by atoms with Crippen molar-refractivity contribution in [2.75, 3.05) is 0 Å². The Labute approximate surface area is 235 Å². The Morgan fingerprint density at radius 3 is 2.23 bits per heavy atom. The Bertz CT molecular complexity index is 1330. The van der Waals surface area contributed by atoms with E-state index >= 15 is 0 Å². The van der Waals surface area contributed by atoms with E-state index in [9.17, 15) is 19.5 Å². The van der Waals surface area contributed by atoms with Gasteiger partial charge in [-0.15, -0.1) is 0 Å². The molecular weight excluding hydrogens is 508 g/mol. The Hall–Kier alpha value is -4.13. The van der Waals surface area contributed by atoms with Crippen molar-refractivity contribution >= 4 is 17.9 Å². The van der Waals surface area contributed by atoms with Crippen LogP contribution in [0.2, 0.25) is 0 Å². The molecule has 7 nitrogen and oxygen atoms in total. The van der Waals surface area contributed by atoms with Crippen molar-refractivity contribution in [3.8, 4) is 17.2 Å². The van der Waals surface area contributed by atoms with Gasteiger partial charge in [0, 0.05) is 0 Å². The van der Waals surface area contributed by atoms with Crippen LogP contribution in [0.3, 0.4) is 0 Å². The van der Waals surface area contributed by atoms with E-state index in [1.165, 1.54) is 19.3 Å². The van der Waals surface area contributed by atoms with Gasteiger partial charge < -0.3 is 19.3 Å². The van der Waals surface area contributed by atoms with E-state index in [1.54, 1.807) is 60.7 Å². The molecule has 0 aromatic heterocycles. The summed E-state index contributed by atoms with van der Waals surface area (Å²) in [5.41, 5.74) is 1.68. The number of carbonyl (C=O) groups excluding carboxylic acids is 2. The number of hydrogen-bond acceptors (Lipinski definition) is 6. The second-order valence-corrected chi connectivity index (χ2v) is 10.2. The molecule has 0 amide bonds. The van der Waals surface area contributed by atoms with E-state index in [0.717, 1.165) is 31.2 Å². The lowest BCUT2D eigenvalue weighted by molar-refractivity contribution is 0.0668. The maximum absolute atomic E-state index is 13.1. The van der Waals surface area contributed by atoms with Crippen molar-refractivity contribution in [2.45, 2.75) is 77.7 Å². The number of hydrogen-bond donors (Lipinski definition) is 1. The highest BCUT2D eigenvalue weighted by Gasteiger charge is 2.29. The number of carboxylic acids is 1. The van der Waals surface area contributed by atoms with Crippen LogP contribution in [0.1, 0.15) is 101 Å². The van der Waals surface area contributed by atoms with E-state index in [1.807, 2.05) is 6.92 Å². The average Bonchev–Trinajstić information content (AvgIpc) is 2.96. The number of fused-ring (bicyclic) bond motifs is 1. The van der Waals surface area contributed by atoms with Crippen molar-refractivity contribution in [1.82, 2.24) is 0 Å². The minimum absolute atomic E-state index is 0.0558. The highest BCUT2D eigenvalue weighted by Crippen LogP contribution is 2.40. The van der Waals surface area contributed by atoms with E-state index in [4.69, 9.17) is 14.2 Å². The first kappa shape index (κ1) is 28.9. The van der Waals surface area contributed by atoms with E-state index in [2.05, 4.69) is 6.92 Å². The molecule has 1 N–H and O–H groups in total. The zero-order valence-corrected chi connectivity index (χ0v) is 23.1. The Morgan fingerprint density at radius 2 is 1.52 bits per heavy atom. The van der Waals surface area contributed by atoms with E-state index in [-0.39, 0.29) is 28.7 Å². The number of carbonyl (C=O) groups is 3. The predicted molar refractivity (Wildman–Crippen MR) is 152 cm³/mol. The summed E-state index contributed by atoms with van der Waals surface area (Å²) in [6.45, 7) is 4.21. The summed E-state index contributed by atoms with van der Waals surface area (Å²) in [7, 11) is 0. The van der Waals surface area contributed by atoms with Gasteiger partial charge in [0.15, 0.2) is 5.75 Å². The number of carboxylic acid groups (broad SMARTS) is 1. The summed E-state index contributed by atoms with van der Waals surface area (Å²) in [5, 5.41) is 10.1. The van der Waals surface area contributed by atoms with Gasteiger partial charge in [-0.1, -0.05) is 44.4 Å². The van der Waals surface area contributed by atoms with Gasteiger partial charge in [0.05, 0.1) is 17.2 Å². The molecule has 0 unspecified atom stereocenters. The van der Waals surface area contributed by atoms with Crippen LogP contribution in [0.4, 0.5) is 0 Å². The smallest absolute Gasteiger partial charge is 0.343 e. The van der Waals surface area contributed by atoms with Crippen LogP contribution < -0.4 is 14.2 Å². The Kier molecular flexibility index (Phi) is 9.95. The average molecular weight is 545 g/mol. The minimum Gasteiger partial charge on any atom is -0.491 e. The molecule has 7 heteroatoms. The first-order valence-electron chi connectivity index (χ1n) is 14.1. The molecule has 0 bridgehead atoms. The van der Waals surface area contributed by atoms with Crippen LogP contribution in [0, 0.1) is 0 Å². The van der Waals surface area contributed by atoms with Crippen LogP contribution >= 0.6 is 0 Å². The molecule has 0 heterocycles. The highest BCUT2D eigenvalue weighted by atomic mass is 16.5. The summed E-state index contributed by atoms with van der Waals surface area (Å²) in [6.07, 6.45) is 8.68. The lowest BCUT2D eigenvalue weighted by Crippen LogP contribution is -2.19. The van der Waals surface area contributed by atoms with Gasteiger partial charge in [-0.25, -0.2) is 14.4 Å². The van der Waals surface area contributed by atoms with Crippen LogP contribution in [-0.4, -0.2) is 29.1 Å². The standard InChI is InChI=1S/C33H36O7/c1-3-4-5-7-12-22(2)38-26-19-17-24(18-20-26)32(36)39-28-21-25-15-10-11-16-27(25)30(29(28)31(34)35)40-33(37)23-13-8-6-9-14-23/h6,8-9,13-14,17-22H,3-5,7,10-12,15-16H2,1-2H3,(H,34,35)/t22-/m1/s1. The van der Waals surface area contributed by atoms with Crippen LogP contribution in [0.25, 0.3) is 0 Å². The molecule has 40 heavy (non-hydrogen) atoms. The summed E-state index contributed by atoms with van der Waals surface area (Å²) < 4.78 is 17.3. The van der Waals surface area contributed by atoms with Gasteiger partial charge in [0.25, 0.3) is 0 Å². The third-order valence-electron chi connectivity index (χ3n) is 7.08. The number of aromatic carboxylic acids is 1. The number of unbranched alkanes of at least 4 members (excludes halogenated alkanes) is 3. The summed E-state index contributed by atoms with van der Waals surface area (Å²) >= 11 is 0. The normalized spacial score (nSPS) is 13.2. The van der Waals surface area contributed by atoms with Gasteiger partial charge in [-0.2, -0.15) is 0 Å². The number of benzene rings is 3. The second kappa shape index (κ2) is 13.8. The second-order valence-electron chi connectivity index (χ2n) is 10.2. The van der Waals surface area contributed by atoms with Gasteiger partial charge in [-0.05, 0) is 99.0 Å². The summed E-state index contributed by atoms with van der Waals surface area (Å²) in [5.74, 6) is -2.28. The Morgan fingerprint density at radius 1 is 0.850 bits per heavy atom. The zero-order chi connectivity index (χ0) is 28.5. The van der Waals surface area contributed by atoms with Gasteiger partial charge in [-0.3, -0.25) is 0 Å². The molecule has 1 aliphatic rings. The van der Waals surface area contributed by atoms with Gasteiger partial charge >= 0.3 is 17.9 Å². The van der Waals surface area contributed by atoms with E-state index in [0.29, 0.717) is 29.7 Å².